The highest BCUT2D eigenvalue weighted by molar-refractivity contribution is 7.90. The number of rotatable bonds is 14. The first-order valence-corrected chi connectivity index (χ1v) is 16.4. The molecule has 0 saturated carbocycles. The molecule has 0 radical (unpaired) electrons. The Kier molecular flexibility index (Phi) is 11.6. The number of hydrogen-bond acceptors (Lipinski definition) is 9. The van der Waals surface area contributed by atoms with Gasteiger partial charge in [-0.15, -0.1) is 0 Å². The Bertz CT molecular complexity index is 1360. The molecule has 2 fully saturated rings. The van der Waals surface area contributed by atoms with Crippen molar-refractivity contribution in [1.29, 1.82) is 0 Å². The van der Waals surface area contributed by atoms with Gasteiger partial charge in [0.05, 0.1) is 51.5 Å². The molecule has 0 amide bonds. The molecule has 3 aromatic rings. The normalized spacial score (nSPS) is 17.8. The Hall–Kier alpha value is -3.55. The van der Waals surface area contributed by atoms with E-state index in [1.54, 1.807) is 12.1 Å². The smallest absolute Gasteiger partial charge is 0.324 e. The van der Waals surface area contributed by atoms with Crippen molar-refractivity contribution in [1.82, 2.24) is 9.29 Å². The van der Waals surface area contributed by atoms with Crippen molar-refractivity contribution in [2.24, 2.45) is 0 Å². The van der Waals surface area contributed by atoms with E-state index in [2.05, 4.69) is 14.6 Å². The van der Waals surface area contributed by atoms with Gasteiger partial charge in [0.2, 0.25) is 0 Å². The molecule has 2 aliphatic rings. The molecular formula is C32H40N4O7S. The number of nitrogens with one attached hydrogen (secondary N) is 1. The molecule has 1 N–H and O–H groups in total. The van der Waals surface area contributed by atoms with Crippen LogP contribution in [-0.4, -0.2) is 81.9 Å². The van der Waals surface area contributed by atoms with Crippen molar-refractivity contribution >= 4 is 27.7 Å². The molecule has 11 nitrogen and oxygen atoms in total. The largest absolute Gasteiger partial charge is 0.456 e. The topological polar surface area (TPSA) is 120 Å². The van der Waals surface area contributed by atoms with Gasteiger partial charge < -0.3 is 23.8 Å². The van der Waals surface area contributed by atoms with E-state index in [0.29, 0.717) is 51.4 Å². The van der Waals surface area contributed by atoms with Crippen molar-refractivity contribution < 1.29 is 32.2 Å². The summed E-state index contributed by atoms with van der Waals surface area (Å²) in [6, 6.07) is 21.9. The minimum Gasteiger partial charge on any atom is -0.456 e. The molecular weight excluding hydrogens is 584 g/mol. The summed E-state index contributed by atoms with van der Waals surface area (Å²) in [5.74, 6) is 0.137. The van der Waals surface area contributed by atoms with Crippen molar-refractivity contribution in [2.45, 2.75) is 44.6 Å². The van der Waals surface area contributed by atoms with Crippen molar-refractivity contribution in [2.75, 3.05) is 55.7 Å². The van der Waals surface area contributed by atoms with Crippen LogP contribution < -0.4 is 9.62 Å². The highest BCUT2D eigenvalue weighted by atomic mass is 32.2. The summed E-state index contributed by atoms with van der Waals surface area (Å²) in [5, 5.41) is 0. The number of benzene rings is 2. The zero-order valence-corrected chi connectivity index (χ0v) is 25.6. The fourth-order valence-electron chi connectivity index (χ4n) is 5.19. The number of esters is 1. The van der Waals surface area contributed by atoms with Gasteiger partial charge >= 0.3 is 16.2 Å². The molecule has 44 heavy (non-hydrogen) atoms. The molecule has 2 aromatic carbocycles. The monoisotopic (exact) mass is 624 g/mol. The van der Waals surface area contributed by atoms with E-state index >= 15 is 0 Å². The van der Waals surface area contributed by atoms with Crippen LogP contribution in [0.4, 0.5) is 11.5 Å². The first-order valence-electron chi connectivity index (χ1n) is 15.0. The average molecular weight is 625 g/mol. The second-order valence-electron chi connectivity index (χ2n) is 10.8. The molecule has 236 valence electrons. The van der Waals surface area contributed by atoms with Gasteiger partial charge in [0, 0.05) is 19.6 Å². The van der Waals surface area contributed by atoms with E-state index in [9.17, 15) is 13.2 Å². The number of carbonyl (C=O) groups is 1. The Morgan fingerprint density at radius 3 is 2.11 bits per heavy atom. The van der Waals surface area contributed by atoms with Crippen LogP contribution in [0.3, 0.4) is 0 Å². The van der Waals surface area contributed by atoms with Crippen LogP contribution in [0, 0.1) is 0 Å². The van der Waals surface area contributed by atoms with Crippen LogP contribution in [0.15, 0.2) is 79.0 Å². The molecule has 2 aliphatic heterocycles. The maximum Gasteiger partial charge on any atom is 0.324 e. The summed E-state index contributed by atoms with van der Waals surface area (Å²) in [4.78, 5) is 20.0. The van der Waals surface area contributed by atoms with E-state index in [1.165, 1.54) is 10.5 Å². The quantitative estimate of drug-likeness (QED) is 0.267. The van der Waals surface area contributed by atoms with Gasteiger partial charge in [0.25, 0.3) is 0 Å². The third kappa shape index (κ3) is 9.23. The van der Waals surface area contributed by atoms with E-state index in [0.717, 1.165) is 30.0 Å². The maximum atomic E-state index is 13.5. The minimum absolute atomic E-state index is 0.105. The fraction of sp³-hybridized carbons (Fsp3) is 0.438. The lowest BCUT2D eigenvalue weighted by molar-refractivity contribution is -0.162. The summed E-state index contributed by atoms with van der Waals surface area (Å²) in [6.45, 7) is 3.82. The molecule has 3 heterocycles. The highest BCUT2D eigenvalue weighted by Gasteiger charge is 2.39. The van der Waals surface area contributed by atoms with Crippen LogP contribution in [0.2, 0.25) is 0 Å². The van der Waals surface area contributed by atoms with Crippen LogP contribution in [-0.2, 0) is 47.2 Å². The van der Waals surface area contributed by atoms with E-state index in [4.69, 9.17) is 18.9 Å². The first kappa shape index (κ1) is 31.9. The number of pyridine rings is 1. The Morgan fingerprint density at radius 2 is 1.52 bits per heavy atom. The SMILES string of the molecule is O=C(OC(COCc1ccccc1)COCc1ccccc1)[C@@H]1CCCCN1S(=O)(=O)Nc1ccc(N2CCOCC2)nc1. The lowest BCUT2D eigenvalue weighted by Gasteiger charge is -2.34. The van der Waals surface area contributed by atoms with Gasteiger partial charge in [-0.3, -0.25) is 9.52 Å². The number of hydrogen-bond donors (Lipinski definition) is 1. The zero-order valence-electron chi connectivity index (χ0n) is 24.8. The molecule has 0 unspecified atom stereocenters. The summed E-state index contributed by atoms with van der Waals surface area (Å²) >= 11 is 0. The number of nitrogens with zero attached hydrogens (tertiary/aromatic N) is 3. The number of aromatic nitrogens is 1. The van der Waals surface area contributed by atoms with Gasteiger partial charge in [-0.1, -0.05) is 60.7 Å². The summed E-state index contributed by atoms with van der Waals surface area (Å²) in [7, 11) is -4.06. The van der Waals surface area contributed by atoms with Crippen molar-refractivity contribution in [3.8, 4) is 0 Å². The van der Waals surface area contributed by atoms with Crippen molar-refractivity contribution in [3.05, 3.63) is 90.1 Å². The minimum atomic E-state index is -4.06. The van der Waals surface area contributed by atoms with Gasteiger partial charge in [-0.05, 0) is 42.5 Å². The Labute approximate surface area is 259 Å². The summed E-state index contributed by atoms with van der Waals surface area (Å²) in [6.07, 6.45) is 2.48. The summed E-state index contributed by atoms with van der Waals surface area (Å²) in [5.41, 5.74) is 2.30. The van der Waals surface area contributed by atoms with Crippen LogP contribution in [0.5, 0.6) is 0 Å². The van der Waals surface area contributed by atoms with E-state index in [-0.39, 0.29) is 19.8 Å². The molecule has 2 saturated heterocycles. The molecule has 1 aromatic heterocycles. The second-order valence-corrected chi connectivity index (χ2v) is 12.4. The molecule has 0 aliphatic carbocycles. The van der Waals surface area contributed by atoms with E-state index in [1.807, 2.05) is 60.7 Å². The Morgan fingerprint density at radius 1 is 0.886 bits per heavy atom. The number of ether oxygens (including phenoxy) is 4. The van der Waals surface area contributed by atoms with Gasteiger partial charge in [0.1, 0.15) is 18.0 Å². The molecule has 5 rings (SSSR count). The third-order valence-corrected chi connectivity index (χ3v) is 9.03. The number of piperidine rings is 1. The number of carbonyl (C=O) groups excluding carboxylic acids is 1. The van der Waals surface area contributed by atoms with E-state index < -0.39 is 28.3 Å². The van der Waals surface area contributed by atoms with Crippen LogP contribution in [0.1, 0.15) is 30.4 Å². The van der Waals surface area contributed by atoms with Crippen molar-refractivity contribution in [3.63, 3.8) is 0 Å². The standard InChI is InChI=1S/C32H40N4O7S/c37-32(43-29(24-41-22-26-9-3-1-4-10-26)25-42-23-27-11-5-2-6-12-27)30-13-7-8-16-36(30)44(38,39)34-28-14-15-31(33-21-28)35-17-19-40-20-18-35/h1-6,9-12,14-15,21,29-30,34H,7-8,13,16-20,22-25H2/t30-/m0/s1. The van der Waals surface area contributed by atoms with Crippen LogP contribution >= 0.6 is 0 Å². The molecule has 0 spiro atoms. The van der Waals surface area contributed by atoms with Gasteiger partial charge in [0.15, 0.2) is 0 Å². The predicted molar refractivity (Wildman–Crippen MR) is 166 cm³/mol. The number of anilines is 2. The molecule has 1 atom stereocenters. The molecule has 0 bridgehead atoms. The molecule has 12 heteroatoms. The Balaban J connectivity index is 1.21. The maximum absolute atomic E-state index is 13.5. The summed E-state index contributed by atoms with van der Waals surface area (Å²) < 4.78 is 53.8. The average Bonchev–Trinajstić information content (AvgIpc) is 3.06. The third-order valence-electron chi connectivity index (χ3n) is 7.48. The van der Waals surface area contributed by atoms with Crippen LogP contribution in [0.25, 0.3) is 0 Å². The van der Waals surface area contributed by atoms with Gasteiger partial charge in [-0.2, -0.15) is 12.7 Å². The first-order chi connectivity index (χ1) is 21.5. The zero-order chi connectivity index (χ0) is 30.6. The number of morpholine rings is 1. The fourth-order valence-corrected chi connectivity index (χ4v) is 6.62. The highest BCUT2D eigenvalue weighted by Crippen LogP contribution is 2.24. The predicted octanol–water partition coefficient (Wildman–Crippen LogP) is 3.77. The lowest BCUT2D eigenvalue weighted by Crippen LogP contribution is -2.51. The second kappa shape index (κ2) is 16.0. The van der Waals surface area contributed by atoms with Gasteiger partial charge in [-0.25, -0.2) is 4.98 Å². The lowest BCUT2D eigenvalue weighted by atomic mass is 10.1.